The highest BCUT2D eigenvalue weighted by atomic mass is 16.5. The van der Waals surface area contributed by atoms with Crippen LogP contribution in [0.3, 0.4) is 0 Å². The van der Waals surface area contributed by atoms with Crippen LogP contribution in [0.25, 0.3) is 16.5 Å². The molecule has 6 rings (SSSR count). The lowest BCUT2D eigenvalue weighted by Gasteiger charge is -2.37. The number of para-hydroxylation sites is 3. The Bertz CT molecular complexity index is 1540. The summed E-state index contributed by atoms with van der Waals surface area (Å²) in [6.07, 6.45) is 2.23. The van der Waals surface area contributed by atoms with Crippen molar-refractivity contribution in [1.29, 1.82) is 0 Å². The van der Waals surface area contributed by atoms with Crippen molar-refractivity contribution in [2.45, 2.75) is 25.4 Å². The van der Waals surface area contributed by atoms with Gasteiger partial charge < -0.3 is 9.64 Å². The summed E-state index contributed by atoms with van der Waals surface area (Å²) in [5.74, 6) is -0.0368. The summed E-state index contributed by atoms with van der Waals surface area (Å²) >= 11 is 0. The molecule has 3 aromatic carbocycles. The molecule has 186 valence electrons. The number of ether oxygens (including phenoxy) is 1. The summed E-state index contributed by atoms with van der Waals surface area (Å²) in [6, 6.07) is 23.2. The predicted molar refractivity (Wildman–Crippen MR) is 140 cm³/mol. The van der Waals surface area contributed by atoms with Gasteiger partial charge in [0.05, 0.1) is 23.3 Å². The molecule has 2 aliphatic rings. The molecule has 1 saturated heterocycles. The maximum absolute atomic E-state index is 14.2. The fourth-order valence-electron chi connectivity index (χ4n) is 5.09. The minimum absolute atomic E-state index is 0.0612. The first-order valence-corrected chi connectivity index (χ1v) is 12.6. The average Bonchev–Trinajstić information content (AvgIpc) is 2.97. The van der Waals surface area contributed by atoms with E-state index in [2.05, 4.69) is 5.10 Å². The minimum atomic E-state index is -0.816. The van der Waals surface area contributed by atoms with Crippen molar-refractivity contribution >= 4 is 28.3 Å². The van der Waals surface area contributed by atoms with E-state index in [1.54, 1.807) is 53.4 Å². The number of amides is 2. The van der Waals surface area contributed by atoms with E-state index in [1.807, 2.05) is 35.2 Å². The smallest absolute Gasteiger partial charge is 0.279 e. The van der Waals surface area contributed by atoms with Gasteiger partial charge in [-0.2, -0.15) is 9.78 Å². The Hall–Kier alpha value is -4.46. The standard InChI is InChI=1S/C29H26N4O4/c34-27-22-14-6-5-13-21(22)26(30-33(27)20-11-3-1-4-12-20)29(36)32-19-25(28(35)31-17-9-2-10-18-31)37-24-16-8-7-15-23(24)32/h1,3-8,11-16,25H,2,9-10,17-19H2. The number of likely N-dealkylation sites (tertiary alicyclic amines) is 1. The average molecular weight is 495 g/mol. The summed E-state index contributed by atoms with van der Waals surface area (Å²) < 4.78 is 7.36. The molecule has 1 aromatic heterocycles. The molecular formula is C29H26N4O4. The molecular weight excluding hydrogens is 468 g/mol. The van der Waals surface area contributed by atoms with Crippen molar-refractivity contribution in [3.63, 3.8) is 0 Å². The van der Waals surface area contributed by atoms with Crippen molar-refractivity contribution in [3.05, 3.63) is 94.9 Å². The molecule has 2 amide bonds. The zero-order chi connectivity index (χ0) is 25.4. The maximum Gasteiger partial charge on any atom is 0.279 e. The third-order valence-corrected chi connectivity index (χ3v) is 6.97. The molecule has 3 heterocycles. The summed E-state index contributed by atoms with van der Waals surface area (Å²) in [7, 11) is 0. The molecule has 1 atom stereocenters. The van der Waals surface area contributed by atoms with Crippen LogP contribution in [0.15, 0.2) is 83.7 Å². The van der Waals surface area contributed by atoms with E-state index < -0.39 is 12.0 Å². The van der Waals surface area contributed by atoms with Crippen molar-refractivity contribution < 1.29 is 14.3 Å². The fourth-order valence-corrected chi connectivity index (χ4v) is 5.09. The van der Waals surface area contributed by atoms with E-state index >= 15 is 0 Å². The summed E-state index contributed by atoms with van der Waals surface area (Å²) in [5, 5.41) is 5.42. The first-order valence-electron chi connectivity index (χ1n) is 12.6. The second-order valence-corrected chi connectivity index (χ2v) is 9.32. The number of fused-ring (bicyclic) bond motifs is 2. The summed E-state index contributed by atoms with van der Waals surface area (Å²) in [6.45, 7) is 1.46. The third-order valence-electron chi connectivity index (χ3n) is 6.97. The number of rotatable bonds is 3. The Kier molecular flexibility index (Phi) is 5.92. The maximum atomic E-state index is 14.2. The lowest BCUT2D eigenvalue weighted by atomic mass is 10.1. The van der Waals surface area contributed by atoms with Crippen molar-refractivity contribution in [3.8, 4) is 11.4 Å². The highest BCUT2D eigenvalue weighted by Gasteiger charge is 2.37. The van der Waals surface area contributed by atoms with Crippen LogP contribution in [-0.4, -0.2) is 52.2 Å². The van der Waals surface area contributed by atoms with Gasteiger partial charge in [0.1, 0.15) is 5.75 Å². The number of aromatic nitrogens is 2. The Morgan fingerprint density at radius 3 is 2.27 bits per heavy atom. The van der Waals surface area contributed by atoms with Crippen molar-refractivity contribution in [2.24, 2.45) is 0 Å². The Morgan fingerprint density at radius 2 is 1.49 bits per heavy atom. The molecule has 8 heteroatoms. The predicted octanol–water partition coefficient (Wildman–Crippen LogP) is 3.81. The zero-order valence-electron chi connectivity index (χ0n) is 20.2. The quantitative estimate of drug-likeness (QED) is 0.433. The molecule has 0 saturated carbocycles. The first kappa shape index (κ1) is 23.0. The van der Waals surface area contributed by atoms with Gasteiger partial charge in [0.25, 0.3) is 17.4 Å². The second kappa shape index (κ2) is 9.54. The van der Waals surface area contributed by atoms with Crippen LogP contribution in [0.5, 0.6) is 5.75 Å². The van der Waals surface area contributed by atoms with Crippen LogP contribution in [0.4, 0.5) is 5.69 Å². The molecule has 37 heavy (non-hydrogen) atoms. The number of anilines is 1. The van der Waals surface area contributed by atoms with E-state index in [4.69, 9.17) is 4.74 Å². The Labute approximate surface area is 213 Å². The minimum Gasteiger partial charge on any atom is -0.476 e. The number of carbonyl (C=O) groups is 2. The van der Waals surface area contributed by atoms with Gasteiger partial charge in [-0.05, 0) is 49.6 Å². The molecule has 1 fully saturated rings. The fraction of sp³-hybridized carbons (Fsp3) is 0.241. The van der Waals surface area contributed by atoms with Crippen LogP contribution in [0, 0.1) is 0 Å². The molecule has 0 bridgehead atoms. The molecule has 0 radical (unpaired) electrons. The van der Waals surface area contributed by atoms with Gasteiger partial charge in [0.2, 0.25) is 0 Å². The topological polar surface area (TPSA) is 84.7 Å². The van der Waals surface area contributed by atoms with E-state index in [9.17, 15) is 14.4 Å². The zero-order valence-corrected chi connectivity index (χ0v) is 20.2. The second-order valence-electron chi connectivity index (χ2n) is 9.32. The lowest BCUT2D eigenvalue weighted by Crippen LogP contribution is -2.53. The highest BCUT2D eigenvalue weighted by molar-refractivity contribution is 6.13. The van der Waals surface area contributed by atoms with Crippen LogP contribution in [0.1, 0.15) is 29.8 Å². The van der Waals surface area contributed by atoms with Crippen LogP contribution < -0.4 is 15.2 Å². The Morgan fingerprint density at radius 1 is 0.811 bits per heavy atom. The van der Waals surface area contributed by atoms with Gasteiger partial charge in [0, 0.05) is 18.5 Å². The van der Waals surface area contributed by atoms with Crippen LogP contribution in [0.2, 0.25) is 0 Å². The monoisotopic (exact) mass is 494 g/mol. The summed E-state index contributed by atoms with van der Waals surface area (Å²) in [4.78, 5) is 44.2. The molecule has 0 spiro atoms. The number of nitrogens with zero attached hydrogens (tertiary/aromatic N) is 4. The van der Waals surface area contributed by atoms with Gasteiger partial charge in [-0.25, -0.2) is 0 Å². The largest absolute Gasteiger partial charge is 0.476 e. The van der Waals surface area contributed by atoms with Crippen molar-refractivity contribution in [1.82, 2.24) is 14.7 Å². The van der Waals surface area contributed by atoms with Crippen LogP contribution in [-0.2, 0) is 4.79 Å². The van der Waals surface area contributed by atoms with Gasteiger partial charge in [0.15, 0.2) is 11.8 Å². The molecule has 8 nitrogen and oxygen atoms in total. The Balaban J connectivity index is 1.45. The molecule has 2 aliphatic heterocycles. The number of hydrogen-bond donors (Lipinski definition) is 0. The van der Waals surface area contributed by atoms with Gasteiger partial charge in [-0.3, -0.25) is 19.3 Å². The number of piperidine rings is 1. The van der Waals surface area contributed by atoms with Crippen LogP contribution >= 0.6 is 0 Å². The summed E-state index contributed by atoms with van der Waals surface area (Å²) in [5.41, 5.74) is 0.963. The number of carbonyl (C=O) groups excluding carboxylic acids is 2. The number of benzene rings is 3. The van der Waals surface area contributed by atoms with E-state index in [-0.39, 0.29) is 23.7 Å². The number of hydrogen-bond acceptors (Lipinski definition) is 5. The van der Waals surface area contributed by atoms with Gasteiger partial charge >= 0.3 is 0 Å². The van der Waals surface area contributed by atoms with E-state index in [1.165, 1.54) is 4.68 Å². The lowest BCUT2D eigenvalue weighted by molar-refractivity contribution is -0.139. The van der Waals surface area contributed by atoms with E-state index in [0.29, 0.717) is 41.0 Å². The molecule has 4 aromatic rings. The van der Waals surface area contributed by atoms with Crippen molar-refractivity contribution in [2.75, 3.05) is 24.5 Å². The molecule has 0 N–H and O–H groups in total. The SMILES string of the molecule is O=C(C1CN(C(=O)c2nn(-c3ccccc3)c(=O)c3ccccc23)c2ccccc2O1)N1CCCCC1. The first-order chi connectivity index (χ1) is 18.1. The molecule has 0 aliphatic carbocycles. The molecule has 1 unspecified atom stereocenters. The van der Waals surface area contributed by atoms with Gasteiger partial charge in [-0.1, -0.05) is 48.5 Å². The highest BCUT2D eigenvalue weighted by Crippen LogP contribution is 2.35. The van der Waals surface area contributed by atoms with E-state index in [0.717, 1.165) is 19.3 Å². The normalized spacial score (nSPS) is 17.2. The van der Waals surface area contributed by atoms with Gasteiger partial charge in [-0.15, -0.1) is 0 Å². The third kappa shape index (κ3) is 4.14.